The number of hydrogen-bond donors (Lipinski definition) is 2. The molecule has 0 bridgehead atoms. The van der Waals surface area contributed by atoms with Crippen LogP contribution in [0.5, 0.6) is 5.75 Å². The quantitative estimate of drug-likeness (QED) is 0.612. The summed E-state index contributed by atoms with van der Waals surface area (Å²) in [4.78, 5) is 38.3. The van der Waals surface area contributed by atoms with E-state index < -0.39 is 36.5 Å². The van der Waals surface area contributed by atoms with Crippen LogP contribution in [0.1, 0.15) is 46.1 Å². The van der Waals surface area contributed by atoms with Gasteiger partial charge < -0.3 is 15.4 Å². The molecular formula is C20H27F2N3O4. The van der Waals surface area contributed by atoms with Gasteiger partial charge in [-0.3, -0.25) is 14.5 Å². The Labute approximate surface area is 168 Å². The van der Waals surface area contributed by atoms with Crippen molar-refractivity contribution >= 4 is 17.8 Å². The Morgan fingerprint density at radius 2 is 1.79 bits per heavy atom. The number of carbonyl (C=O) groups is 3. The Balaban J connectivity index is 2.03. The Morgan fingerprint density at radius 1 is 1.17 bits per heavy atom. The van der Waals surface area contributed by atoms with Gasteiger partial charge in [0, 0.05) is 6.04 Å². The van der Waals surface area contributed by atoms with Crippen molar-refractivity contribution in [2.45, 2.75) is 58.7 Å². The fourth-order valence-corrected chi connectivity index (χ4v) is 3.13. The average molecular weight is 411 g/mol. The van der Waals surface area contributed by atoms with Gasteiger partial charge in [-0.1, -0.05) is 26.0 Å². The first kappa shape index (κ1) is 22.6. The van der Waals surface area contributed by atoms with Crippen LogP contribution < -0.4 is 15.4 Å². The molecule has 29 heavy (non-hydrogen) atoms. The predicted octanol–water partition coefficient (Wildman–Crippen LogP) is 3.00. The fourth-order valence-electron chi connectivity index (χ4n) is 3.13. The van der Waals surface area contributed by atoms with Crippen molar-refractivity contribution in [3.63, 3.8) is 0 Å². The molecule has 0 saturated carbocycles. The molecule has 0 aromatic heterocycles. The van der Waals surface area contributed by atoms with Crippen LogP contribution in [0.2, 0.25) is 0 Å². The Kier molecular flexibility index (Phi) is 7.16. The molecule has 1 aromatic carbocycles. The molecule has 1 aliphatic heterocycles. The molecule has 2 N–H and O–H groups in total. The zero-order valence-electron chi connectivity index (χ0n) is 17.0. The average Bonchev–Trinajstić information content (AvgIpc) is 2.84. The summed E-state index contributed by atoms with van der Waals surface area (Å²) in [6.45, 7) is 4.21. The summed E-state index contributed by atoms with van der Waals surface area (Å²) in [6.07, 6.45) is 1.75. The molecule has 9 heteroatoms. The molecule has 1 fully saturated rings. The van der Waals surface area contributed by atoms with E-state index in [1.54, 1.807) is 0 Å². The summed E-state index contributed by atoms with van der Waals surface area (Å²) in [6, 6.07) is 4.67. The van der Waals surface area contributed by atoms with Gasteiger partial charge in [0.1, 0.15) is 17.8 Å². The van der Waals surface area contributed by atoms with Gasteiger partial charge in [0.15, 0.2) is 0 Å². The van der Waals surface area contributed by atoms with Crippen LogP contribution in [-0.2, 0) is 15.1 Å². The lowest BCUT2D eigenvalue weighted by Gasteiger charge is -2.22. The van der Waals surface area contributed by atoms with Crippen LogP contribution in [0.25, 0.3) is 0 Å². The van der Waals surface area contributed by atoms with Crippen LogP contribution in [0.4, 0.5) is 13.6 Å². The lowest BCUT2D eigenvalue weighted by molar-refractivity contribution is -0.135. The summed E-state index contributed by atoms with van der Waals surface area (Å²) in [5.74, 6) is -0.557. The Bertz CT molecular complexity index is 755. The number of rotatable bonds is 9. The van der Waals surface area contributed by atoms with E-state index in [1.165, 1.54) is 31.2 Å². The lowest BCUT2D eigenvalue weighted by atomic mass is 9.92. The molecule has 1 heterocycles. The number of nitrogens with zero attached hydrogens (tertiary/aromatic N) is 1. The minimum Gasteiger partial charge on any atom is -0.435 e. The van der Waals surface area contributed by atoms with Crippen molar-refractivity contribution in [3.8, 4) is 5.75 Å². The largest absolute Gasteiger partial charge is 0.435 e. The van der Waals surface area contributed by atoms with E-state index in [0.717, 1.165) is 17.7 Å². The number of amides is 4. The number of alkyl halides is 2. The van der Waals surface area contributed by atoms with E-state index in [-0.39, 0.29) is 11.8 Å². The third-order valence-electron chi connectivity index (χ3n) is 4.82. The van der Waals surface area contributed by atoms with Crippen molar-refractivity contribution < 1.29 is 27.9 Å². The highest BCUT2D eigenvalue weighted by atomic mass is 19.3. The maximum atomic E-state index is 12.8. The number of halogens is 2. The van der Waals surface area contributed by atoms with Crippen LogP contribution in [0.3, 0.4) is 0 Å². The molecule has 2 atom stereocenters. The zero-order chi connectivity index (χ0) is 21.8. The number of imide groups is 1. The summed E-state index contributed by atoms with van der Waals surface area (Å²) >= 11 is 0. The van der Waals surface area contributed by atoms with E-state index >= 15 is 0 Å². The summed E-state index contributed by atoms with van der Waals surface area (Å²) in [7, 11) is 0. The molecule has 0 unspecified atom stereocenters. The standard InChI is InChI=1S/C20H27F2N3O4/c1-12(2)5-6-13(3)23-16(26)11-25-17(27)20(4,24-19(25)28)14-7-9-15(10-8-14)29-18(21)22/h7-10,12-13,18H,5-6,11H2,1-4H3,(H,23,26)(H,24,28)/t13-,20+/m1/s1. The molecule has 7 nitrogen and oxygen atoms in total. The molecule has 1 aliphatic rings. The van der Waals surface area contributed by atoms with Gasteiger partial charge in [0.2, 0.25) is 5.91 Å². The molecule has 0 aliphatic carbocycles. The number of benzene rings is 1. The predicted molar refractivity (Wildman–Crippen MR) is 102 cm³/mol. The Morgan fingerprint density at radius 3 is 2.34 bits per heavy atom. The second-order valence-electron chi connectivity index (χ2n) is 7.79. The van der Waals surface area contributed by atoms with Gasteiger partial charge >= 0.3 is 12.6 Å². The first-order chi connectivity index (χ1) is 13.5. The third-order valence-corrected chi connectivity index (χ3v) is 4.82. The van der Waals surface area contributed by atoms with Gasteiger partial charge in [-0.25, -0.2) is 4.79 Å². The topological polar surface area (TPSA) is 87.7 Å². The number of urea groups is 1. The number of carbonyl (C=O) groups excluding carboxylic acids is 3. The van der Waals surface area contributed by atoms with Crippen molar-refractivity contribution in [2.24, 2.45) is 5.92 Å². The van der Waals surface area contributed by atoms with Crippen LogP contribution in [0.15, 0.2) is 24.3 Å². The van der Waals surface area contributed by atoms with Crippen LogP contribution >= 0.6 is 0 Å². The molecule has 4 amide bonds. The number of hydrogen-bond acceptors (Lipinski definition) is 4. The van der Waals surface area contributed by atoms with E-state index in [4.69, 9.17) is 0 Å². The van der Waals surface area contributed by atoms with Crippen LogP contribution in [-0.4, -0.2) is 41.9 Å². The van der Waals surface area contributed by atoms with E-state index in [2.05, 4.69) is 29.2 Å². The van der Waals surface area contributed by atoms with Crippen molar-refractivity contribution in [2.75, 3.05) is 6.54 Å². The highest BCUT2D eigenvalue weighted by Gasteiger charge is 2.49. The van der Waals surface area contributed by atoms with E-state index in [9.17, 15) is 23.2 Å². The summed E-state index contributed by atoms with van der Waals surface area (Å²) in [5.41, 5.74) is -1.00. The smallest absolute Gasteiger partial charge is 0.387 e. The van der Waals surface area contributed by atoms with Crippen molar-refractivity contribution in [3.05, 3.63) is 29.8 Å². The second kappa shape index (κ2) is 9.19. The molecular weight excluding hydrogens is 384 g/mol. The zero-order valence-corrected chi connectivity index (χ0v) is 17.0. The van der Waals surface area contributed by atoms with Gasteiger partial charge in [0.05, 0.1) is 0 Å². The van der Waals surface area contributed by atoms with Crippen molar-refractivity contribution in [1.82, 2.24) is 15.5 Å². The van der Waals surface area contributed by atoms with Crippen LogP contribution in [0, 0.1) is 5.92 Å². The number of ether oxygens (including phenoxy) is 1. The highest BCUT2D eigenvalue weighted by molar-refractivity contribution is 6.09. The normalized spacial score (nSPS) is 20.2. The minimum absolute atomic E-state index is 0.0595. The molecule has 160 valence electrons. The summed E-state index contributed by atoms with van der Waals surface area (Å²) in [5, 5.41) is 5.37. The molecule has 2 rings (SSSR count). The molecule has 0 radical (unpaired) electrons. The first-order valence-corrected chi connectivity index (χ1v) is 9.51. The van der Waals surface area contributed by atoms with Gasteiger partial charge in [0.25, 0.3) is 5.91 Å². The van der Waals surface area contributed by atoms with Crippen molar-refractivity contribution in [1.29, 1.82) is 0 Å². The van der Waals surface area contributed by atoms with Gasteiger partial charge in [-0.2, -0.15) is 8.78 Å². The molecule has 1 saturated heterocycles. The minimum atomic E-state index is -2.96. The molecule has 0 spiro atoms. The third kappa shape index (κ3) is 5.65. The van der Waals surface area contributed by atoms with Gasteiger partial charge in [-0.15, -0.1) is 0 Å². The van der Waals surface area contributed by atoms with Gasteiger partial charge in [-0.05, 0) is 50.3 Å². The van der Waals surface area contributed by atoms with E-state index in [1.807, 2.05) is 6.92 Å². The SMILES string of the molecule is CC(C)CC[C@@H](C)NC(=O)CN1C(=O)N[C@@](C)(c2ccc(OC(F)F)cc2)C1=O. The first-order valence-electron chi connectivity index (χ1n) is 9.51. The Hall–Kier alpha value is -2.71. The second-order valence-corrected chi connectivity index (χ2v) is 7.79. The molecule has 1 aromatic rings. The monoisotopic (exact) mass is 411 g/mol. The van der Waals surface area contributed by atoms with E-state index in [0.29, 0.717) is 11.5 Å². The highest BCUT2D eigenvalue weighted by Crippen LogP contribution is 2.30. The fraction of sp³-hybridized carbons (Fsp3) is 0.550. The maximum absolute atomic E-state index is 12.8. The maximum Gasteiger partial charge on any atom is 0.387 e. The lowest BCUT2D eigenvalue weighted by Crippen LogP contribution is -2.45. The number of nitrogens with one attached hydrogen (secondary N) is 2. The summed E-state index contributed by atoms with van der Waals surface area (Å²) < 4.78 is 28.9.